The van der Waals surface area contributed by atoms with Crippen LogP contribution in [0.4, 0.5) is 11.4 Å². The fraction of sp³-hybridized carbons (Fsp3) is 0.100. The summed E-state index contributed by atoms with van der Waals surface area (Å²) in [7, 11) is 3.03. The molecule has 10 nitrogen and oxygen atoms in total. The van der Waals surface area contributed by atoms with Crippen molar-refractivity contribution in [3.63, 3.8) is 0 Å². The van der Waals surface area contributed by atoms with Crippen molar-refractivity contribution in [2.24, 2.45) is 0 Å². The number of benzene rings is 5. The van der Waals surface area contributed by atoms with E-state index in [2.05, 4.69) is 16.0 Å². The summed E-state index contributed by atoms with van der Waals surface area (Å²) in [5.74, 6) is -1.46. The summed E-state index contributed by atoms with van der Waals surface area (Å²) in [6, 6.07) is 34.5. The van der Waals surface area contributed by atoms with E-state index in [-0.39, 0.29) is 17.2 Å². The molecule has 0 spiro atoms. The molecule has 4 N–H and O–H groups in total. The van der Waals surface area contributed by atoms with Gasteiger partial charge in [-0.1, -0.05) is 60.7 Å². The molecule has 0 bridgehead atoms. The van der Waals surface area contributed by atoms with Gasteiger partial charge < -0.3 is 30.5 Å². The molecular weight excluding hydrogens is 667 g/mol. The van der Waals surface area contributed by atoms with Crippen molar-refractivity contribution in [1.29, 1.82) is 0 Å². The Morgan fingerprint density at radius 1 is 0.725 bits per heavy atom. The van der Waals surface area contributed by atoms with Crippen LogP contribution in [0.2, 0.25) is 0 Å². The van der Waals surface area contributed by atoms with Gasteiger partial charge in [0.25, 0.3) is 11.8 Å². The lowest BCUT2D eigenvalue weighted by Crippen LogP contribution is -2.30. The molecule has 51 heavy (non-hydrogen) atoms. The van der Waals surface area contributed by atoms with Crippen molar-refractivity contribution in [3.8, 4) is 11.5 Å². The molecule has 1 atom stereocenters. The number of carboxylic acids is 1. The third-order valence-corrected chi connectivity index (χ3v) is 8.96. The lowest BCUT2D eigenvalue weighted by atomic mass is 10.1. The van der Waals surface area contributed by atoms with E-state index in [9.17, 15) is 24.3 Å². The van der Waals surface area contributed by atoms with Crippen LogP contribution in [-0.2, 0) is 9.59 Å². The zero-order valence-corrected chi connectivity index (χ0v) is 28.8. The van der Waals surface area contributed by atoms with Gasteiger partial charge in [0.05, 0.1) is 19.8 Å². The van der Waals surface area contributed by atoms with Crippen LogP contribution in [0, 0.1) is 6.92 Å². The van der Waals surface area contributed by atoms with Gasteiger partial charge in [-0.3, -0.25) is 14.4 Å². The minimum Gasteiger partial charge on any atom is -0.493 e. The van der Waals surface area contributed by atoms with Crippen LogP contribution in [0.25, 0.3) is 6.08 Å². The molecule has 1 unspecified atom stereocenters. The largest absolute Gasteiger partial charge is 0.493 e. The monoisotopic (exact) mass is 701 g/mol. The number of hydrogen-bond donors (Lipinski definition) is 4. The summed E-state index contributed by atoms with van der Waals surface area (Å²) in [5.41, 5.74) is 3.39. The average molecular weight is 702 g/mol. The van der Waals surface area contributed by atoms with E-state index >= 15 is 0 Å². The number of amides is 3. The normalized spacial score (nSPS) is 11.5. The van der Waals surface area contributed by atoms with Crippen LogP contribution < -0.4 is 25.4 Å². The van der Waals surface area contributed by atoms with Gasteiger partial charge in [-0.05, 0) is 90.4 Å². The maximum Gasteiger partial charge on any atom is 0.335 e. The number of thioether (sulfide) groups is 1. The van der Waals surface area contributed by atoms with Crippen molar-refractivity contribution < 1.29 is 33.8 Å². The second-order valence-corrected chi connectivity index (χ2v) is 12.4. The topological polar surface area (TPSA) is 143 Å². The zero-order valence-electron chi connectivity index (χ0n) is 28.0. The first-order chi connectivity index (χ1) is 24.6. The van der Waals surface area contributed by atoms with Gasteiger partial charge in [-0.15, -0.1) is 11.8 Å². The maximum atomic E-state index is 13.7. The minimum absolute atomic E-state index is 0.00222. The van der Waals surface area contributed by atoms with Gasteiger partial charge in [0, 0.05) is 21.8 Å². The lowest BCUT2D eigenvalue weighted by molar-refractivity contribution is -0.116. The first-order valence-corrected chi connectivity index (χ1v) is 16.6. The van der Waals surface area contributed by atoms with Crippen LogP contribution in [0.3, 0.4) is 0 Å². The summed E-state index contributed by atoms with van der Waals surface area (Å²) in [6.07, 6.45) is 1.54. The summed E-state index contributed by atoms with van der Waals surface area (Å²) in [4.78, 5) is 52.7. The van der Waals surface area contributed by atoms with Gasteiger partial charge in [0.2, 0.25) is 5.91 Å². The fourth-order valence-electron chi connectivity index (χ4n) is 4.99. The van der Waals surface area contributed by atoms with Crippen molar-refractivity contribution in [1.82, 2.24) is 5.32 Å². The molecule has 11 heteroatoms. The average Bonchev–Trinajstić information content (AvgIpc) is 3.15. The third-order valence-electron chi connectivity index (χ3n) is 7.70. The highest BCUT2D eigenvalue weighted by atomic mass is 32.2. The van der Waals surface area contributed by atoms with Crippen LogP contribution in [0.15, 0.2) is 132 Å². The van der Waals surface area contributed by atoms with E-state index in [1.165, 1.54) is 38.1 Å². The highest BCUT2D eigenvalue weighted by molar-refractivity contribution is 8.00. The Morgan fingerprint density at radius 3 is 2.04 bits per heavy atom. The predicted octanol–water partition coefficient (Wildman–Crippen LogP) is 7.59. The standard InChI is InChI=1S/C40H35N3O7S/c1-25-14-16-29(40(47)48)24-32(25)42-39(46)36(27-10-6-4-7-11-27)51-31-19-17-30(18-20-31)41-38(45)33(43-37(44)28-12-8-5-9-13-28)22-26-15-21-34(49-2)35(23-26)50-3/h4-24,36H,1-3H3,(H,41,45)(H,42,46)(H,43,44)(H,47,48)/b33-22-. The number of nitrogens with one attached hydrogen (secondary N) is 3. The van der Waals surface area contributed by atoms with E-state index in [4.69, 9.17) is 9.47 Å². The first kappa shape index (κ1) is 36.0. The number of carboxylic acid groups (broad SMARTS) is 1. The molecule has 0 saturated heterocycles. The third kappa shape index (κ3) is 9.43. The molecule has 0 aliphatic rings. The highest BCUT2D eigenvalue weighted by Crippen LogP contribution is 2.37. The number of ether oxygens (including phenoxy) is 2. The van der Waals surface area contributed by atoms with Gasteiger partial charge >= 0.3 is 5.97 Å². The van der Waals surface area contributed by atoms with Crippen molar-refractivity contribution >= 4 is 52.9 Å². The SMILES string of the molecule is COc1ccc(/C=C(\NC(=O)c2ccccc2)C(=O)Nc2ccc(SC(C(=O)Nc3cc(C(=O)O)ccc3C)c3ccccc3)cc2)cc1OC. The zero-order chi connectivity index (χ0) is 36.3. The molecule has 5 rings (SSSR count). The Kier molecular flexibility index (Phi) is 11.9. The Morgan fingerprint density at radius 2 is 1.39 bits per heavy atom. The fourth-order valence-corrected chi connectivity index (χ4v) is 6.02. The second kappa shape index (κ2) is 16.9. The second-order valence-electron chi connectivity index (χ2n) is 11.2. The highest BCUT2D eigenvalue weighted by Gasteiger charge is 2.23. The van der Waals surface area contributed by atoms with Gasteiger partial charge in [-0.2, -0.15) is 0 Å². The van der Waals surface area contributed by atoms with Crippen molar-refractivity contribution in [3.05, 3.63) is 155 Å². The van der Waals surface area contributed by atoms with Crippen LogP contribution in [0.5, 0.6) is 11.5 Å². The molecule has 5 aromatic carbocycles. The molecule has 0 fully saturated rings. The Hall–Kier alpha value is -6.33. The van der Waals surface area contributed by atoms with E-state index in [1.807, 2.05) is 30.3 Å². The van der Waals surface area contributed by atoms with Crippen LogP contribution >= 0.6 is 11.8 Å². The summed E-state index contributed by atoms with van der Waals surface area (Å²) < 4.78 is 10.7. The van der Waals surface area contributed by atoms with Crippen LogP contribution in [-0.4, -0.2) is 43.0 Å². The van der Waals surface area contributed by atoms with Crippen molar-refractivity contribution in [2.45, 2.75) is 17.1 Å². The number of methoxy groups -OCH3 is 2. The number of carbonyl (C=O) groups excluding carboxylic acids is 3. The Balaban J connectivity index is 1.36. The molecule has 0 aliphatic carbocycles. The quantitative estimate of drug-likeness (QED) is 0.0727. The number of rotatable bonds is 13. The molecule has 3 amide bonds. The Bertz CT molecular complexity index is 2070. The molecule has 5 aromatic rings. The Labute approximate surface area is 299 Å². The number of anilines is 2. The number of aryl methyl sites for hydroxylation is 1. The van der Waals surface area contributed by atoms with E-state index in [0.29, 0.717) is 34.0 Å². The molecule has 0 aromatic heterocycles. The van der Waals surface area contributed by atoms with Crippen LogP contribution in [0.1, 0.15) is 42.7 Å². The van der Waals surface area contributed by atoms with E-state index in [0.717, 1.165) is 16.0 Å². The van der Waals surface area contributed by atoms with Gasteiger partial charge in [0.15, 0.2) is 11.5 Å². The summed E-state index contributed by atoms with van der Waals surface area (Å²) >= 11 is 1.30. The van der Waals surface area contributed by atoms with Crippen molar-refractivity contribution in [2.75, 3.05) is 24.9 Å². The smallest absolute Gasteiger partial charge is 0.335 e. The summed E-state index contributed by atoms with van der Waals surface area (Å²) in [6.45, 7) is 1.79. The van der Waals surface area contributed by atoms with Gasteiger partial charge in [0.1, 0.15) is 10.9 Å². The number of aromatic carboxylic acids is 1. The predicted molar refractivity (Wildman–Crippen MR) is 198 cm³/mol. The number of carbonyl (C=O) groups is 4. The van der Waals surface area contributed by atoms with E-state index < -0.39 is 23.0 Å². The molecular formula is C40H35N3O7S. The molecule has 0 aliphatic heterocycles. The van der Waals surface area contributed by atoms with Gasteiger partial charge in [-0.25, -0.2) is 4.79 Å². The maximum absolute atomic E-state index is 13.7. The summed E-state index contributed by atoms with van der Waals surface area (Å²) in [5, 5.41) is 17.2. The first-order valence-electron chi connectivity index (χ1n) is 15.7. The molecule has 0 radical (unpaired) electrons. The number of hydrogen-bond acceptors (Lipinski definition) is 7. The molecule has 0 heterocycles. The molecule has 258 valence electrons. The lowest BCUT2D eigenvalue weighted by Gasteiger charge is -2.18. The molecule has 0 saturated carbocycles. The van der Waals surface area contributed by atoms with E-state index in [1.54, 1.807) is 91.9 Å². The minimum atomic E-state index is -1.09.